The Kier molecular flexibility index (Phi) is 6.49. The van der Waals surface area contributed by atoms with E-state index in [-0.39, 0.29) is 16.9 Å². The summed E-state index contributed by atoms with van der Waals surface area (Å²) in [6, 6.07) is 4.38. The largest absolute Gasteiger partial charge is 0.465 e. The summed E-state index contributed by atoms with van der Waals surface area (Å²) in [5.74, 6) is -0.579. The molecule has 0 aromatic heterocycles. The average molecular weight is 280 g/mol. The molecule has 20 heavy (non-hydrogen) atoms. The summed E-state index contributed by atoms with van der Waals surface area (Å²) in [7, 11) is 1.26. The van der Waals surface area contributed by atoms with Crippen LogP contribution >= 0.6 is 0 Å². The van der Waals surface area contributed by atoms with Gasteiger partial charge in [0.1, 0.15) is 5.69 Å². The topological polar surface area (TPSA) is 81.5 Å². The van der Waals surface area contributed by atoms with E-state index in [1.54, 1.807) is 0 Å². The summed E-state index contributed by atoms with van der Waals surface area (Å²) in [6.45, 7) is 2.71. The van der Waals surface area contributed by atoms with Crippen LogP contribution in [0.2, 0.25) is 0 Å². The summed E-state index contributed by atoms with van der Waals surface area (Å²) in [4.78, 5) is 22.2. The molecule has 0 bridgehead atoms. The first kappa shape index (κ1) is 15.9. The van der Waals surface area contributed by atoms with E-state index in [4.69, 9.17) is 0 Å². The number of esters is 1. The number of hydrogen-bond acceptors (Lipinski definition) is 5. The van der Waals surface area contributed by atoms with Gasteiger partial charge in [0.15, 0.2) is 0 Å². The van der Waals surface area contributed by atoms with Crippen LogP contribution in [0, 0.1) is 10.1 Å². The number of rotatable bonds is 8. The normalized spacial score (nSPS) is 10.1. The molecule has 1 rings (SSSR count). The van der Waals surface area contributed by atoms with Crippen molar-refractivity contribution in [2.45, 2.75) is 32.6 Å². The molecule has 0 amide bonds. The Hall–Kier alpha value is -2.11. The number of carbonyl (C=O) groups is 1. The Balaban J connectivity index is 2.88. The minimum atomic E-state index is -0.579. The summed E-state index contributed by atoms with van der Waals surface area (Å²) >= 11 is 0. The molecule has 0 unspecified atom stereocenters. The predicted octanol–water partition coefficient (Wildman–Crippen LogP) is 3.37. The van der Waals surface area contributed by atoms with Crippen molar-refractivity contribution < 1.29 is 14.5 Å². The number of methoxy groups -OCH3 is 1. The van der Waals surface area contributed by atoms with Crippen LogP contribution in [0.1, 0.15) is 43.0 Å². The van der Waals surface area contributed by atoms with Crippen molar-refractivity contribution >= 4 is 17.3 Å². The van der Waals surface area contributed by atoms with Crippen LogP contribution in [-0.4, -0.2) is 24.5 Å². The van der Waals surface area contributed by atoms with E-state index >= 15 is 0 Å². The summed E-state index contributed by atoms with van der Waals surface area (Å²) in [5, 5.41) is 14.0. The van der Waals surface area contributed by atoms with Crippen LogP contribution in [0.5, 0.6) is 0 Å². The van der Waals surface area contributed by atoms with Crippen LogP contribution in [0.4, 0.5) is 11.4 Å². The number of para-hydroxylation sites is 1. The summed E-state index contributed by atoms with van der Waals surface area (Å²) < 4.78 is 4.66. The Labute approximate surface area is 118 Å². The highest BCUT2D eigenvalue weighted by Gasteiger charge is 2.21. The lowest BCUT2D eigenvalue weighted by Gasteiger charge is -2.11. The molecular weight excluding hydrogens is 260 g/mol. The number of nitro groups is 1. The summed E-state index contributed by atoms with van der Waals surface area (Å²) in [6.07, 6.45) is 4.21. The number of hydrogen-bond donors (Lipinski definition) is 1. The van der Waals surface area contributed by atoms with Gasteiger partial charge in [-0.3, -0.25) is 10.1 Å². The predicted molar refractivity (Wildman–Crippen MR) is 77.1 cm³/mol. The first-order valence-electron chi connectivity index (χ1n) is 6.71. The fraction of sp³-hybridized carbons (Fsp3) is 0.500. The van der Waals surface area contributed by atoms with Gasteiger partial charge < -0.3 is 10.1 Å². The van der Waals surface area contributed by atoms with Crippen molar-refractivity contribution in [2.75, 3.05) is 19.0 Å². The molecule has 6 heteroatoms. The van der Waals surface area contributed by atoms with E-state index in [0.29, 0.717) is 6.54 Å². The molecule has 110 valence electrons. The Morgan fingerprint density at radius 1 is 1.35 bits per heavy atom. The van der Waals surface area contributed by atoms with Gasteiger partial charge in [-0.15, -0.1) is 0 Å². The molecule has 1 N–H and O–H groups in total. The molecule has 0 saturated heterocycles. The lowest BCUT2D eigenvalue weighted by atomic mass is 10.1. The SMILES string of the molecule is CCCCCCNc1c(C(=O)OC)cccc1[N+](=O)[O-]. The van der Waals surface area contributed by atoms with Crippen molar-refractivity contribution in [1.82, 2.24) is 0 Å². The number of carbonyl (C=O) groups excluding carboxylic acids is 1. The highest BCUT2D eigenvalue weighted by molar-refractivity contribution is 5.98. The number of nitrogens with zero attached hydrogens (tertiary/aromatic N) is 1. The molecule has 1 aromatic carbocycles. The van der Waals surface area contributed by atoms with Gasteiger partial charge >= 0.3 is 5.97 Å². The molecule has 0 saturated carbocycles. The first-order chi connectivity index (χ1) is 9.61. The van der Waals surface area contributed by atoms with E-state index in [2.05, 4.69) is 17.0 Å². The molecule has 0 atom stereocenters. The Morgan fingerprint density at radius 3 is 2.70 bits per heavy atom. The van der Waals surface area contributed by atoms with Gasteiger partial charge in [0.25, 0.3) is 5.69 Å². The number of ether oxygens (including phenoxy) is 1. The third kappa shape index (κ3) is 4.22. The fourth-order valence-corrected chi connectivity index (χ4v) is 1.92. The van der Waals surface area contributed by atoms with Crippen molar-refractivity contribution in [3.05, 3.63) is 33.9 Å². The number of nitrogens with one attached hydrogen (secondary N) is 1. The van der Waals surface area contributed by atoms with Gasteiger partial charge in [-0.25, -0.2) is 4.79 Å². The average Bonchev–Trinajstić information content (AvgIpc) is 2.46. The molecule has 6 nitrogen and oxygen atoms in total. The molecule has 0 aliphatic carbocycles. The lowest BCUT2D eigenvalue weighted by Crippen LogP contribution is -2.11. The maximum atomic E-state index is 11.7. The van der Waals surface area contributed by atoms with E-state index in [9.17, 15) is 14.9 Å². The Morgan fingerprint density at radius 2 is 2.10 bits per heavy atom. The maximum absolute atomic E-state index is 11.7. The van der Waals surface area contributed by atoms with E-state index in [1.165, 1.54) is 25.3 Å². The molecule has 0 radical (unpaired) electrons. The molecule has 0 aliphatic heterocycles. The monoisotopic (exact) mass is 280 g/mol. The number of unbranched alkanes of at least 4 members (excludes halogenated alkanes) is 3. The van der Waals surface area contributed by atoms with Gasteiger partial charge in [-0.2, -0.15) is 0 Å². The zero-order valence-electron chi connectivity index (χ0n) is 11.8. The first-order valence-corrected chi connectivity index (χ1v) is 6.71. The van der Waals surface area contributed by atoms with Crippen LogP contribution in [-0.2, 0) is 4.74 Å². The lowest BCUT2D eigenvalue weighted by molar-refractivity contribution is -0.384. The molecule has 0 spiro atoms. The third-order valence-corrected chi connectivity index (χ3v) is 2.98. The van der Waals surface area contributed by atoms with Crippen LogP contribution < -0.4 is 5.32 Å². The second-order valence-corrected chi connectivity index (χ2v) is 4.44. The number of anilines is 1. The van der Waals surface area contributed by atoms with E-state index < -0.39 is 10.9 Å². The van der Waals surface area contributed by atoms with Gasteiger partial charge in [-0.05, 0) is 12.5 Å². The van der Waals surface area contributed by atoms with Crippen molar-refractivity contribution in [3.8, 4) is 0 Å². The van der Waals surface area contributed by atoms with Crippen LogP contribution in [0.3, 0.4) is 0 Å². The van der Waals surface area contributed by atoms with Gasteiger partial charge in [0.2, 0.25) is 0 Å². The zero-order chi connectivity index (χ0) is 15.0. The zero-order valence-corrected chi connectivity index (χ0v) is 11.8. The van der Waals surface area contributed by atoms with Crippen molar-refractivity contribution in [1.29, 1.82) is 0 Å². The second-order valence-electron chi connectivity index (χ2n) is 4.44. The standard InChI is InChI=1S/C14H20N2O4/c1-3-4-5-6-10-15-13-11(14(17)20-2)8-7-9-12(13)16(18)19/h7-9,15H,3-6,10H2,1-2H3. The van der Waals surface area contributed by atoms with Crippen molar-refractivity contribution in [2.24, 2.45) is 0 Å². The molecule has 0 aliphatic rings. The minimum absolute atomic E-state index is 0.108. The number of benzene rings is 1. The third-order valence-electron chi connectivity index (χ3n) is 2.98. The smallest absolute Gasteiger partial charge is 0.340 e. The second kappa shape index (κ2) is 8.14. The number of nitro benzene ring substituents is 1. The van der Waals surface area contributed by atoms with E-state index in [0.717, 1.165) is 25.7 Å². The van der Waals surface area contributed by atoms with E-state index in [1.807, 2.05) is 0 Å². The molecular formula is C14H20N2O4. The summed E-state index contributed by atoms with van der Waals surface area (Å²) in [5.41, 5.74) is 0.321. The van der Waals surface area contributed by atoms with Gasteiger partial charge in [0.05, 0.1) is 17.6 Å². The fourth-order valence-electron chi connectivity index (χ4n) is 1.92. The molecule has 0 heterocycles. The molecule has 0 fully saturated rings. The molecule has 1 aromatic rings. The maximum Gasteiger partial charge on any atom is 0.340 e. The highest BCUT2D eigenvalue weighted by atomic mass is 16.6. The van der Waals surface area contributed by atoms with Crippen molar-refractivity contribution in [3.63, 3.8) is 0 Å². The minimum Gasteiger partial charge on any atom is -0.465 e. The quantitative estimate of drug-likeness (QED) is 0.341. The van der Waals surface area contributed by atoms with Gasteiger partial charge in [0, 0.05) is 12.6 Å². The van der Waals surface area contributed by atoms with Crippen LogP contribution in [0.25, 0.3) is 0 Å². The van der Waals surface area contributed by atoms with Gasteiger partial charge in [-0.1, -0.05) is 32.3 Å². The van der Waals surface area contributed by atoms with Crippen LogP contribution in [0.15, 0.2) is 18.2 Å². The highest BCUT2D eigenvalue weighted by Crippen LogP contribution is 2.28. The Bertz CT molecular complexity index is 474.